The summed E-state index contributed by atoms with van der Waals surface area (Å²) < 4.78 is 1.13. The molecule has 1 amide bonds. The lowest BCUT2D eigenvalue weighted by Crippen LogP contribution is -2.44. The van der Waals surface area contributed by atoms with Crippen molar-refractivity contribution in [1.29, 1.82) is 0 Å². The second-order valence-electron chi connectivity index (χ2n) is 5.93. The molecule has 0 fully saturated rings. The molecule has 5 nitrogen and oxygen atoms in total. The van der Waals surface area contributed by atoms with Gasteiger partial charge in [-0.1, -0.05) is 15.9 Å². The van der Waals surface area contributed by atoms with Crippen molar-refractivity contribution in [2.75, 3.05) is 32.9 Å². The Morgan fingerprint density at radius 2 is 1.76 bits per heavy atom. The third-order valence-electron chi connectivity index (χ3n) is 3.50. The zero-order valence-electron chi connectivity index (χ0n) is 15.2. The van der Waals surface area contributed by atoms with Gasteiger partial charge >= 0.3 is 0 Å². The lowest BCUT2D eigenvalue weighted by Gasteiger charge is -2.23. The summed E-state index contributed by atoms with van der Waals surface area (Å²) in [5, 5.41) is 9.49. The number of rotatable bonds is 8. The summed E-state index contributed by atoms with van der Waals surface area (Å²) in [4.78, 5) is 16.2. The quantitative estimate of drug-likeness (QED) is 0.204. The molecule has 0 atom stereocenters. The Labute approximate surface area is 180 Å². The SMILES string of the molecule is CN=C(NCCCNC(=O)c1ccc(Br)cc1)NCC(C)(C)SC.I. The van der Waals surface area contributed by atoms with Crippen LogP contribution in [0.4, 0.5) is 0 Å². The summed E-state index contributed by atoms with van der Waals surface area (Å²) in [5.74, 6) is 0.739. The molecule has 0 aliphatic heterocycles. The van der Waals surface area contributed by atoms with Crippen LogP contribution >= 0.6 is 51.7 Å². The molecule has 0 saturated heterocycles. The molecular formula is C17H28BrIN4OS. The predicted molar refractivity (Wildman–Crippen MR) is 123 cm³/mol. The van der Waals surface area contributed by atoms with Crippen molar-refractivity contribution >= 4 is 63.5 Å². The summed E-state index contributed by atoms with van der Waals surface area (Å²) in [5.41, 5.74) is 0.669. The van der Waals surface area contributed by atoms with Crippen molar-refractivity contribution in [3.05, 3.63) is 34.3 Å². The van der Waals surface area contributed by atoms with Crippen LogP contribution in [0.25, 0.3) is 0 Å². The number of amides is 1. The molecule has 8 heteroatoms. The van der Waals surface area contributed by atoms with E-state index in [0.29, 0.717) is 12.1 Å². The van der Waals surface area contributed by atoms with Gasteiger partial charge in [-0.15, -0.1) is 24.0 Å². The molecule has 0 unspecified atom stereocenters. The minimum absolute atomic E-state index is 0. The number of hydrogen-bond acceptors (Lipinski definition) is 3. The first-order chi connectivity index (χ1) is 11.4. The maximum atomic E-state index is 12.0. The van der Waals surface area contributed by atoms with Crippen LogP contribution in [0, 0.1) is 0 Å². The lowest BCUT2D eigenvalue weighted by atomic mass is 10.2. The second-order valence-corrected chi connectivity index (χ2v) is 8.36. The van der Waals surface area contributed by atoms with Crippen LogP contribution < -0.4 is 16.0 Å². The summed E-state index contributed by atoms with van der Waals surface area (Å²) in [6.45, 7) is 6.59. The van der Waals surface area contributed by atoms with Crippen LogP contribution in [0.1, 0.15) is 30.6 Å². The Hall–Kier alpha value is -0.480. The first kappa shape index (κ1) is 24.5. The third kappa shape index (κ3) is 10.3. The number of carbonyl (C=O) groups is 1. The number of halogens is 2. The summed E-state index contributed by atoms with van der Waals surface area (Å²) in [6, 6.07) is 7.33. The molecule has 0 aromatic heterocycles. The summed E-state index contributed by atoms with van der Waals surface area (Å²) in [7, 11) is 1.76. The fraction of sp³-hybridized carbons (Fsp3) is 0.529. The van der Waals surface area contributed by atoms with Gasteiger partial charge in [0.05, 0.1) is 0 Å². The number of hydrogen-bond donors (Lipinski definition) is 3. The fourth-order valence-corrected chi connectivity index (χ4v) is 2.27. The normalized spacial score (nSPS) is 11.5. The van der Waals surface area contributed by atoms with Gasteiger partial charge < -0.3 is 16.0 Å². The maximum absolute atomic E-state index is 12.0. The van der Waals surface area contributed by atoms with Gasteiger partial charge in [0.25, 0.3) is 5.91 Å². The van der Waals surface area contributed by atoms with Gasteiger partial charge in [-0.25, -0.2) is 0 Å². The topological polar surface area (TPSA) is 65.5 Å². The summed E-state index contributed by atoms with van der Waals surface area (Å²) >= 11 is 5.18. The van der Waals surface area contributed by atoms with Crippen LogP contribution in [-0.4, -0.2) is 49.6 Å². The number of guanidine groups is 1. The van der Waals surface area contributed by atoms with E-state index in [2.05, 4.69) is 57.0 Å². The van der Waals surface area contributed by atoms with Crippen molar-refractivity contribution in [2.45, 2.75) is 25.0 Å². The molecule has 1 aromatic carbocycles. The number of nitrogens with zero attached hydrogens (tertiary/aromatic N) is 1. The molecule has 0 heterocycles. The molecule has 1 aromatic rings. The first-order valence-electron chi connectivity index (χ1n) is 7.91. The van der Waals surface area contributed by atoms with Crippen LogP contribution in [-0.2, 0) is 0 Å². The Kier molecular flexibility index (Phi) is 12.6. The highest BCUT2D eigenvalue weighted by molar-refractivity contribution is 14.0. The standard InChI is InChI=1S/C17H27BrN4OS.HI/c1-17(2,24-4)12-22-16(19-3)21-11-5-10-20-15(23)13-6-8-14(18)9-7-13;/h6-9H,5,10-12H2,1-4H3,(H,20,23)(H2,19,21,22);1H. The summed E-state index contributed by atoms with van der Waals surface area (Å²) in [6.07, 6.45) is 2.93. The van der Waals surface area contributed by atoms with E-state index in [9.17, 15) is 4.79 Å². The molecule has 1 rings (SSSR count). The largest absolute Gasteiger partial charge is 0.356 e. The number of benzene rings is 1. The van der Waals surface area contributed by atoms with Gasteiger partial charge in [-0.2, -0.15) is 11.8 Å². The van der Waals surface area contributed by atoms with E-state index in [1.165, 1.54) is 0 Å². The zero-order valence-corrected chi connectivity index (χ0v) is 19.9. The Morgan fingerprint density at radius 1 is 1.16 bits per heavy atom. The van der Waals surface area contributed by atoms with Gasteiger partial charge in [-0.05, 0) is 50.8 Å². The van der Waals surface area contributed by atoms with E-state index in [1.807, 2.05) is 23.9 Å². The number of aliphatic imine (C=N–C) groups is 1. The molecule has 0 aliphatic rings. The van der Waals surface area contributed by atoms with Crippen molar-refractivity contribution in [2.24, 2.45) is 4.99 Å². The number of nitrogens with one attached hydrogen (secondary N) is 3. The van der Waals surface area contributed by atoms with Gasteiger partial charge in [0.1, 0.15) is 0 Å². The minimum Gasteiger partial charge on any atom is -0.356 e. The Morgan fingerprint density at radius 3 is 2.32 bits per heavy atom. The minimum atomic E-state index is -0.0493. The van der Waals surface area contributed by atoms with E-state index in [-0.39, 0.29) is 34.6 Å². The molecule has 142 valence electrons. The van der Waals surface area contributed by atoms with Gasteiger partial charge in [0.15, 0.2) is 5.96 Å². The fourth-order valence-electron chi connectivity index (χ4n) is 1.79. The third-order valence-corrected chi connectivity index (χ3v) is 5.27. The lowest BCUT2D eigenvalue weighted by molar-refractivity contribution is 0.0953. The van der Waals surface area contributed by atoms with E-state index in [0.717, 1.165) is 29.9 Å². The average molecular weight is 543 g/mol. The molecule has 25 heavy (non-hydrogen) atoms. The Bertz CT molecular complexity index is 552. The highest BCUT2D eigenvalue weighted by Crippen LogP contribution is 2.19. The smallest absolute Gasteiger partial charge is 0.251 e. The van der Waals surface area contributed by atoms with Crippen molar-refractivity contribution in [1.82, 2.24) is 16.0 Å². The second kappa shape index (κ2) is 12.8. The molecule has 0 radical (unpaired) electrons. The highest BCUT2D eigenvalue weighted by Gasteiger charge is 2.15. The van der Waals surface area contributed by atoms with E-state index < -0.39 is 0 Å². The molecule has 0 aliphatic carbocycles. The average Bonchev–Trinajstić information content (AvgIpc) is 2.57. The van der Waals surface area contributed by atoms with Crippen LogP contribution in [0.3, 0.4) is 0 Å². The Balaban J connectivity index is 0.00000576. The molecule has 3 N–H and O–H groups in total. The monoisotopic (exact) mass is 542 g/mol. The van der Waals surface area contributed by atoms with E-state index >= 15 is 0 Å². The van der Waals surface area contributed by atoms with Crippen molar-refractivity contribution in [3.63, 3.8) is 0 Å². The first-order valence-corrected chi connectivity index (χ1v) is 9.93. The van der Waals surface area contributed by atoms with E-state index in [1.54, 1.807) is 19.2 Å². The van der Waals surface area contributed by atoms with Gasteiger partial charge in [-0.3, -0.25) is 9.79 Å². The number of carbonyl (C=O) groups excluding carboxylic acids is 1. The maximum Gasteiger partial charge on any atom is 0.251 e. The van der Waals surface area contributed by atoms with Crippen molar-refractivity contribution in [3.8, 4) is 0 Å². The van der Waals surface area contributed by atoms with Crippen LogP contribution in [0.15, 0.2) is 33.7 Å². The van der Waals surface area contributed by atoms with Crippen molar-refractivity contribution < 1.29 is 4.79 Å². The predicted octanol–water partition coefficient (Wildman–Crippen LogP) is 3.49. The van der Waals surface area contributed by atoms with Gasteiger partial charge in [0.2, 0.25) is 0 Å². The molecular weight excluding hydrogens is 515 g/mol. The molecule has 0 saturated carbocycles. The van der Waals surface area contributed by atoms with E-state index in [4.69, 9.17) is 0 Å². The zero-order chi connectivity index (χ0) is 18.0. The van der Waals surface area contributed by atoms with Crippen LogP contribution in [0.2, 0.25) is 0 Å². The van der Waals surface area contributed by atoms with Gasteiger partial charge in [0, 0.05) is 41.5 Å². The number of thioether (sulfide) groups is 1. The van der Waals surface area contributed by atoms with Crippen LogP contribution in [0.5, 0.6) is 0 Å². The highest BCUT2D eigenvalue weighted by atomic mass is 127. The molecule has 0 spiro atoms. The molecule has 0 bridgehead atoms.